The number of primary amides is 1. The van der Waals surface area contributed by atoms with Gasteiger partial charge in [-0.2, -0.15) is 0 Å². The molecule has 0 spiro atoms. The molecule has 26 heavy (non-hydrogen) atoms. The Balaban J connectivity index is 1.67. The van der Waals surface area contributed by atoms with Crippen LogP contribution >= 0.6 is 11.3 Å². The third kappa shape index (κ3) is 3.77. The first kappa shape index (κ1) is 18.1. The molecule has 1 aliphatic rings. The molecule has 2 heterocycles. The predicted molar refractivity (Wildman–Crippen MR) is 96.5 cm³/mol. The van der Waals surface area contributed by atoms with Gasteiger partial charge in [-0.15, -0.1) is 11.3 Å². The summed E-state index contributed by atoms with van der Waals surface area (Å²) in [6.07, 6.45) is 1.36. The minimum absolute atomic E-state index is 0.0109. The number of hydrogen-bond donors (Lipinski definition) is 2. The summed E-state index contributed by atoms with van der Waals surface area (Å²) < 4.78 is 18.8. The minimum Gasteiger partial charge on any atom is -0.496 e. The second-order valence-corrected chi connectivity index (χ2v) is 6.74. The van der Waals surface area contributed by atoms with Gasteiger partial charge in [0.2, 0.25) is 11.8 Å². The quantitative estimate of drug-likeness (QED) is 0.799. The number of anilines is 1. The van der Waals surface area contributed by atoms with Gasteiger partial charge < -0.3 is 20.7 Å². The Morgan fingerprint density at radius 2 is 2.31 bits per heavy atom. The highest BCUT2D eigenvalue weighted by molar-refractivity contribution is 7.14. The van der Waals surface area contributed by atoms with E-state index in [2.05, 4.69) is 10.3 Å². The molecule has 1 unspecified atom stereocenters. The van der Waals surface area contributed by atoms with Crippen LogP contribution in [-0.4, -0.2) is 47.9 Å². The average molecular weight is 378 g/mol. The van der Waals surface area contributed by atoms with E-state index in [0.717, 1.165) is 6.42 Å². The first-order chi connectivity index (χ1) is 12.5. The van der Waals surface area contributed by atoms with E-state index in [4.69, 9.17) is 10.5 Å². The summed E-state index contributed by atoms with van der Waals surface area (Å²) in [5, 5.41) is 5.23. The van der Waals surface area contributed by atoms with Crippen molar-refractivity contribution in [2.75, 3.05) is 25.5 Å². The van der Waals surface area contributed by atoms with E-state index in [1.807, 2.05) is 0 Å². The van der Waals surface area contributed by atoms with Crippen LogP contribution in [0.2, 0.25) is 0 Å². The van der Waals surface area contributed by atoms with Gasteiger partial charge in [0.05, 0.1) is 19.3 Å². The monoisotopic (exact) mass is 378 g/mol. The lowest BCUT2D eigenvalue weighted by Crippen LogP contribution is -2.45. The van der Waals surface area contributed by atoms with Gasteiger partial charge in [-0.3, -0.25) is 9.59 Å². The predicted octanol–water partition coefficient (Wildman–Crippen LogP) is 1.85. The molecule has 1 saturated heterocycles. The van der Waals surface area contributed by atoms with Gasteiger partial charge in [0.25, 0.3) is 0 Å². The molecule has 0 bridgehead atoms. The summed E-state index contributed by atoms with van der Waals surface area (Å²) in [6, 6.07) is 3.67. The van der Waals surface area contributed by atoms with E-state index in [9.17, 15) is 14.0 Å². The summed E-state index contributed by atoms with van der Waals surface area (Å²) in [5.74, 6) is -0.553. The third-order valence-electron chi connectivity index (χ3n) is 4.23. The first-order valence-corrected chi connectivity index (χ1v) is 8.99. The number of carbonyl (C=O) groups is 2. The lowest BCUT2D eigenvalue weighted by Gasteiger charge is -2.22. The summed E-state index contributed by atoms with van der Waals surface area (Å²) >= 11 is 1.30. The Kier molecular flexibility index (Phi) is 5.36. The smallest absolute Gasteiger partial charge is 0.242 e. The van der Waals surface area contributed by atoms with E-state index in [1.54, 1.807) is 5.38 Å². The summed E-state index contributed by atoms with van der Waals surface area (Å²) in [7, 11) is 1.51. The number of nitrogens with two attached hydrogens (primary N) is 1. The average Bonchev–Trinajstić information content (AvgIpc) is 3.29. The minimum atomic E-state index is -0.535. The van der Waals surface area contributed by atoms with Gasteiger partial charge in [0.15, 0.2) is 5.13 Å². The standard InChI is InChI=1S/C17H19FN4O3S/c1-25-14-5-4-10(18)7-11(14)12-9-26-17(21-12)20-8-15(23)22-6-2-3-13(22)16(19)24/h4-5,7,9,13H,2-3,6,8H2,1H3,(H2,19,24)(H,20,21). The first-order valence-electron chi connectivity index (χ1n) is 8.11. The third-order valence-corrected chi connectivity index (χ3v) is 5.03. The molecule has 1 aromatic carbocycles. The SMILES string of the molecule is COc1ccc(F)cc1-c1csc(NCC(=O)N2CCCC2C(N)=O)n1. The molecule has 0 radical (unpaired) electrons. The maximum absolute atomic E-state index is 13.5. The van der Waals surface area contributed by atoms with Crippen molar-refractivity contribution < 1.29 is 18.7 Å². The molecule has 138 valence electrons. The van der Waals surface area contributed by atoms with Crippen molar-refractivity contribution >= 4 is 28.3 Å². The van der Waals surface area contributed by atoms with E-state index in [-0.39, 0.29) is 18.3 Å². The number of aromatic nitrogens is 1. The maximum Gasteiger partial charge on any atom is 0.242 e. The fourth-order valence-electron chi connectivity index (χ4n) is 2.97. The lowest BCUT2D eigenvalue weighted by atomic mass is 10.1. The van der Waals surface area contributed by atoms with Crippen molar-refractivity contribution in [3.8, 4) is 17.0 Å². The van der Waals surface area contributed by atoms with Crippen LogP contribution in [0.3, 0.4) is 0 Å². The maximum atomic E-state index is 13.5. The van der Waals surface area contributed by atoms with Gasteiger partial charge in [-0.1, -0.05) is 0 Å². The number of nitrogens with one attached hydrogen (secondary N) is 1. The van der Waals surface area contributed by atoms with Gasteiger partial charge in [-0.05, 0) is 31.0 Å². The number of amides is 2. The van der Waals surface area contributed by atoms with E-state index < -0.39 is 11.9 Å². The van der Waals surface area contributed by atoms with E-state index >= 15 is 0 Å². The van der Waals surface area contributed by atoms with Crippen molar-refractivity contribution in [1.82, 2.24) is 9.88 Å². The number of benzene rings is 1. The summed E-state index contributed by atoms with van der Waals surface area (Å²) in [5.41, 5.74) is 6.43. The number of thiazole rings is 1. The fraction of sp³-hybridized carbons (Fsp3) is 0.353. The highest BCUT2D eigenvalue weighted by atomic mass is 32.1. The molecule has 3 N–H and O–H groups in total. The van der Waals surface area contributed by atoms with Crippen LogP contribution in [-0.2, 0) is 9.59 Å². The molecule has 2 amide bonds. The highest BCUT2D eigenvalue weighted by Crippen LogP contribution is 2.32. The van der Waals surface area contributed by atoms with Crippen molar-refractivity contribution in [2.24, 2.45) is 5.73 Å². The van der Waals surface area contributed by atoms with E-state index in [1.165, 1.54) is 41.5 Å². The zero-order valence-electron chi connectivity index (χ0n) is 14.2. The van der Waals surface area contributed by atoms with Crippen molar-refractivity contribution in [3.05, 3.63) is 29.4 Å². The highest BCUT2D eigenvalue weighted by Gasteiger charge is 2.32. The van der Waals surface area contributed by atoms with Gasteiger partial charge in [0, 0.05) is 17.5 Å². The van der Waals surface area contributed by atoms with E-state index in [0.29, 0.717) is 35.1 Å². The van der Waals surface area contributed by atoms with Crippen molar-refractivity contribution in [1.29, 1.82) is 0 Å². The Morgan fingerprint density at radius 1 is 1.50 bits per heavy atom. The summed E-state index contributed by atoms with van der Waals surface area (Å²) in [4.78, 5) is 29.6. The fourth-order valence-corrected chi connectivity index (χ4v) is 3.68. The second-order valence-electron chi connectivity index (χ2n) is 5.88. The molecule has 1 aromatic heterocycles. The van der Waals surface area contributed by atoms with Crippen molar-refractivity contribution in [3.63, 3.8) is 0 Å². The number of carbonyl (C=O) groups excluding carboxylic acids is 2. The number of hydrogen-bond acceptors (Lipinski definition) is 6. The Hall–Kier alpha value is -2.68. The molecule has 9 heteroatoms. The topological polar surface area (TPSA) is 97.5 Å². The number of rotatable bonds is 6. The largest absolute Gasteiger partial charge is 0.496 e. The normalized spacial score (nSPS) is 16.5. The van der Waals surface area contributed by atoms with Gasteiger partial charge >= 0.3 is 0 Å². The lowest BCUT2D eigenvalue weighted by molar-refractivity contribution is -0.135. The van der Waals surface area contributed by atoms with Crippen LogP contribution in [0.1, 0.15) is 12.8 Å². The molecule has 1 fully saturated rings. The van der Waals surface area contributed by atoms with Crippen LogP contribution in [0, 0.1) is 5.82 Å². The van der Waals surface area contributed by atoms with Crippen LogP contribution in [0.25, 0.3) is 11.3 Å². The molecule has 0 saturated carbocycles. The number of likely N-dealkylation sites (tertiary alicyclic amines) is 1. The van der Waals surface area contributed by atoms with Crippen LogP contribution < -0.4 is 15.8 Å². The molecule has 0 aliphatic carbocycles. The molecular formula is C17H19FN4O3S. The molecule has 7 nitrogen and oxygen atoms in total. The Morgan fingerprint density at radius 3 is 3.04 bits per heavy atom. The Labute approximate surface area is 154 Å². The van der Waals surface area contributed by atoms with Crippen molar-refractivity contribution in [2.45, 2.75) is 18.9 Å². The molecule has 1 atom stereocenters. The zero-order valence-corrected chi connectivity index (χ0v) is 15.0. The Bertz CT molecular complexity index is 826. The van der Waals surface area contributed by atoms with Gasteiger partial charge in [-0.25, -0.2) is 9.37 Å². The number of halogens is 1. The summed E-state index contributed by atoms with van der Waals surface area (Å²) in [6.45, 7) is 0.536. The van der Waals surface area contributed by atoms with Gasteiger partial charge in [0.1, 0.15) is 17.6 Å². The number of methoxy groups -OCH3 is 1. The van der Waals surface area contributed by atoms with Crippen LogP contribution in [0.15, 0.2) is 23.6 Å². The zero-order chi connectivity index (χ0) is 18.7. The van der Waals surface area contributed by atoms with Crippen LogP contribution in [0.5, 0.6) is 5.75 Å². The molecule has 1 aliphatic heterocycles. The molecular weight excluding hydrogens is 359 g/mol. The van der Waals surface area contributed by atoms with Crippen LogP contribution in [0.4, 0.5) is 9.52 Å². The number of nitrogens with zero attached hydrogens (tertiary/aromatic N) is 2. The molecule has 3 rings (SSSR count). The number of ether oxygens (including phenoxy) is 1. The second kappa shape index (κ2) is 7.69. The molecule has 2 aromatic rings.